The first kappa shape index (κ1) is 22.9. The van der Waals surface area contributed by atoms with Gasteiger partial charge in [0.05, 0.1) is 29.8 Å². The van der Waals surface area contributed by atoms with Gasteiger partial charge in [0, 0.05) is 5.56 Å². The fourth-order valence-electron chi connectivity index (χ4n) is 3.71. The average Bonchev–Trinajstić information content (AvgIpc) is 3.38. The summed E-state index contributed by atoms with van der Waals surface area (Å²) in [5.41, 5.74) is 3.57. The van der Waals surface area contributed by atoms with Gasteiger partial charge in [0.15, 0.2) is 5.16 Å². The summed E-state index contributed by atoms with van der Waals surface area (Å²) in [5.74, 6) is 1.71. The number of para-hydroxylation sites is 1. The molecule has 0 bridgehead atoms. The third-order valence-electron chi connectivity index (χ3n) is 5.70. The second-order valence-electron chi connectivity index (χ2n) is 8.22. The highest BCUT2D eigenvalue weighted by atomic mass is 32.2. The lowest BCUT2D eigenvalue weighted by atomic mass is 10.1. The molecular weight excluding hydrogens is 460 g/mol. The molecule has 0 amide bonds. The average molecular weight is 485 g/mol. The molecule has 7 nitrogen and oxygen atoms in total. The molecule has 1 atom stereocenters. The Morgan fingerprint density at radius 1 is 1.00 bits per heavy atom. The van der Waals surface area contributed by atoms with Crippen LogP contribution in [0.3, 0.4) is 0 Å². The van der Waals surface area contributed by atoms with Crippen LogP contribution in [0.25, 0.3) is 22.4 Å². The second kappa shape index (κ2) is 9.76. The molecule has 0 saturated heterocycles. The molecule has 0 fully saturated rings. The summed E-state index contributed by atoms with van der Waals surface area (Å²) in [5, 5.41) is 9.44. The van der Waals surface area contributed by atoms with Gasteiger partial charge in [-0.2, -0.15) is 0 Å². The minimum Gasteiger partial charge on any atom is -0.497 e. The fourth-order valence-corrected chi connectivity index (χ4v) is 4.65. The Kier molecular flexibility index (Phi) is 6.37. The van der Waals surface area contributed by atoms with Crippen molar-refractivity contribution in [2.24, 2.45) is 0 Å². The summed E-state index contributed by atoms with van der Waals surface area (Å²) < 4.78 is 12.9. The van der Waals surface area contributed by atoms with E-state index in [-0.39, 0.29) is 10.8 Å². The van der Waals surface area contributed by atoms with Crippen molar-refractivity contribution < 1.29 is 9.15 Å². The number of hydrogen-bond donors (Lipinski definition) is 0. The quantitative estimate of drug-likeness (QED) is 0.218. The normalized spacial score (nSPS) is 12.1. The van der Waals surface area contributed by atoms with Gasteiger partial charge in [-0.15, -0.1) is 10.2 Å². The summed E-state index contributed by atoms with van der Waals surface area (Å²) in [6, 6.07) is 23.0. The number of aryl methyl sites for hydroxylation is 1. The van der Waals surface area contributed by atoms with Gasteiger partial charge in [0.2, 0.25) is 11.8 Å². The summed E-state index contributed by atoms with van der Waals surface area (Å²) in [7, 11) is 1.63. The maximum Gasteiger partial charge on any atom is 0.262 e. The van der Waals surface area contributed by atoms with Gasteiger partial charge >= 0.3 is 0 Å². The molecule has 5 aromatic rings. The van der Waals surface area contributed by atoms with Crippen molar-refractivity contribution in [3.63, 3.8) is 0 Å². The molecule has 3 aromatic carbocycles. The van der Waals surface area contributed by atoms with E-state index in [1.165, 1.54) is 11.8 Å². The zero-order chi connectivity index (χ0) is 24.4. The Labute approximate surface area is 206 Å². The minimum absolute atomic E-state index is 0.0907. The molecule has 0 radical (unpaired) electrons. The van der Waals surface area contributed by atoms with Gasteiger partial charge in [-0.25, -0.2) is 4.98 Å². The van der Waals surface area contributed by atoms with E-state index in [1.54, 1.807) is 17.7 Å². The Bertz CT molecular complexity index is 1530. The van der Waals surface area contributed by atoms with Crippen LogP contribution in [-0.4, -0.2) is 26.9 Å². The van der Waals surface area contributed by atoms with E-state index in [1.807, 2.05) is 80.6 Å². The summed E-state index contributed by atoms with van der Waals surface area (Å²) in [6.07, 6.45) is 0. The van der Waals surface area contributed by atoms with Crippen LogP contribution >= 0.6 is 11.8 Å². The highest BCUT2D eigenvalue weighted by Gasteiger charge is 2.20. The van der Waals surface area contributed by atoms with E-state index in [4.69, 9.17) is 14.1 Å². The Morgan fingerprint density at radius 3 is 2.49 bits per heavy atom. The molecule has 176 valence electrons. The van der Waals surface area contributed by atoms with E-state index in [0.717, 1.165) is 22.4 Å². The summed E-state index contributed by atoms with van der Waals surface area (Å²) >= 11 is 1.42. The van der Waals surface area contributed by atoms with Crippen LogP contribution in [0.2, 0.25) is 0 Å². The number of thioether (sulfide) groups is 1. The maximum atomic E-state index is 13.4. The standard InChI is InChI=1S/C27H24N4O3S/c1-17-8-12-20(13-9-17)25-30-29-24(34-25)18(2)35-27-28-23-7-5-4-6-22(23)26(32)31(27)16-19-10-14-21(33-3)15-11-19/h4-15,18H,16H2,1-3H3. The van der Waals surface area contributed by atoms with Crippen molar-refractivity contribution in [3.8, 4) is 17.2 Å². The van der Waals surface area contributed by atoms with Crippen LogP contribution < -0.4 is 10.3 Å². The van der Waals surface area contributed by atoms with Crippen LogP contribution in [-0.2, 0) is 6.54 Å². The molecule has 8 heteroatoms. The summed E-state index contributed by atoms with van der Waals surface area (Å²) in [4.78, 5) is 18.3. The SMILES string of the molecule is COc1ccc(Cn2c(SC(C)c3nnc(-c4ccc(C)cc4)o3)nc3ccccc3c2=O)cc1. The number of aromatic nitrogens is 4. The van der Waals surface area contributed by atoms with Crippen molar-refractivity contribution >= 4 is 22.7 Å². The number of ether oxygens (including phenoxy) is 1. The zero-order valence-corrected chi connectivity index (χ0v) is 20.5. The molecule has 0 spiro atoms. The van der Waals surface area contributed by atoms with Gasteiger partial charge in [-0.3, -0.25) is 9.36 Å². The molecule has 1 unspecified atom stereocenters. The largest absolute Gasteiger partial charge is 0.497 e. The van der Waals surface area contributed by atoms with Crippen molar-refractivity contribution in [1.29, 1.82) is 0 Å². The van der Waals surface area contributed by atoms with Crippen LogP contribution in [0.15, 0.2) is 87.2 Å². The second-order valence-corrected chi connectivity index (χ2v) is 9.53. The molecule has 2 heterocycles. The van der Waals surface area contributed by atoms with Gasteiger partial charge in [-0.05, 0) is 55.8 Å². The molecule has 0 saturated carbocycles. The smallest absolute Gasteiger partial charge is 0.262 e. The lowest BCUT2D eigenvalue weighted by Gasteiger charge is -2.15. The van der Waals surface area contributed by atoms with Crippen LogP contribution in [0, 0.1) is 6.92 Å². The van der Waals surface area contributed by atoms with Crippen LogP contribution in [0.4, 0.5) is 0 Å². The number of methoxy groups -OCH3 is 1. The Morgan fingerprint density at radius 2 is 1.74 bits per heavy atom. The molecule has 0 N–H and O–H groups in total. The molecule has 0 aliphatic heterocycles. The van der Waals surface area contributed by atoms with Crippen molar-refractivity contribution in [3.05, 3.63) is 100 Å². The number of hydrogen-bond acceptors (Lipinski definition) is 7. The monoisotopic (exact) mass is 484 g/mol. The maximum absolute atomic E-state index is 13.4. The van der Waals surface area contributed by atoms with Crippen molar-refractivity contribution in [1.82, 2.24) is 19.7 Å². The highest BCUT2D eigenvalue weighted by molar-refractivity contribution is 7.99. The number of fused-ring (bicyclic) bond motifs is 1. The van der Waals surface area contributed by atoms with Crippen LogP contribution in [0.5, 0.6) is 5.75 Å². The molecule has 0 aliphatic rings. The number of nitrogens with zero attached hydrogens (tertiary/aromatic N) is 4. The van der Waals surface area contributed by atoms with E-state index in [9.17, 15) is 4.79 Å². The number of benzene rings is 3. The first-order valence-corrected chi connectivity index (χ1v) is 12.1. The topological polar surface area (TPSA) is 83.0 Å². The number of rotatable bonds is 7. The van der Waals surface area contributed by atoms with E-state index in [0.29, 0.717) is 34.4 Å². The predicted molar refractivity (Wildman–Crippen MR) is 137 cm³/mol. The Hall–Kier alpha value is -3.91. The first-order chi connectivity index (χ1) is 17.0. The van der Waals surface area contributed by atoms with Gasteiger partial charge < -0.3 is 9.15 Å². The highest BCUT2D eigenvalue weighted by Crippen LogP contribution is 2.34. The molecule has 35 heavy (non-hydrogen) atoms. The van der Waals surface area contributed by atoms with Gasteiger partial charge in [0.25, 0.3) is 5.56 Å². The van der Waals surface area contributed by atoms with Crippen molar-refractivity contribution in [2.45, 2.75) is 30.8 Å². The van der Waals surface area contributed by atoms with E-state index >= 15 is 0 Å². The molecule has 2 aromatic heterocycles. The molecule has 0 aliphatic carbocycles. The molecule has 5 rings (SSSR count). The third-order valence-corrected chi connectivity index (χ3v) is 6.77. The van der Waals surface area contributed by atoms with Crippen LogP contribution in [0.1, 0.15) is 29.2 Å². The van der Waals surface area contributed by atoms with E-state index in [2.05, 4.69) is 10.2 Å². The zero-order valence-electron chi connectivity index (χ0n) is 19.6. The summed E-state index contributed by atoms with van der Waals surface area (Å²) in [6.45, 7) is 4.38. The lowest BCUT2D eigenvalue weighted by Crippen LogP contribution is -2.24. The molecular formula is C27H24N4O3S. The fraction of sp³-hybridized carbons (Fsp3) is 0.185. The minimum atomic E-state index is -0.211. The van der Waals surface area contributed by atoms with Crippen molar-refractivity contribution in [2.75, 3.05) is 7.11 Å². The third kappa shape index (κ3) is 4.83. The van der Waals surface area contributed by atoms with Gasteiger partial charge in [0.1, 0.15) is 5.75 Å². The lowest BCUT2D eigenvalue weighted by molar-refractivity contribution is 0.414. The first-order valence-electron chi connectivity index (χ1n) is 11.2. The predicted octanol–water partition coefficient (Wildman–Crippen LogP) is 5.67. The van der Waals surface area contributed by atoms with E-state index < -0.39 is 0 Å². The Balaban J connectivity index is 1.48. The van der Waals surface area contributed by atoms with Gasteiger partial charge in [-0.1, -0.05) is 53.7 Å².